The van der Waals surface area contributed by atoms with Crippen molar-refractivity contribution in [2.45, 2.75) is 6.92 Å². The fraction of sp³-hybridized carbons (Fsp3) is 0.231. The van der Waals surface area contributed by atoms with Gasteiger partial charge in [0.25, 0.3) is 5.91 Å². The Morgan fingerprint density at radius 3 is 2.59 bits per heavy atom. The smallest absolute Gasteiger partial charge is 0.272 e. The molecule has 1 aromatic rings. The normalized spacial score (nSPS) is 11.8. The van der Waals surface area contributed by atoms with Gasteiger partial charge in [0.05, 0.1) is 0 Å². The highest BCUT2D eigenvalue weighted by molar-refractivity contribution is 6.00. The molecule has 0 heterocycles. The number of nitrogens with zero attached hydrogens (tertiary/aromatic N) is 2. The van der Waals surface area contributed by atoms with E-state index in [1.165, 1.54) is 6.08 Å². The maximum atomic E-state index is 11.5. The molecular weight excluding hydrogens is 214 g/mol. The lowest BCUT2D eigenvalue weighted by Crippen LogP contribution is -2.31. The van der Waals surface area contributed by atoms with E-state index in [1.807, 2.05) is 31.2 Å². The number of benzene rings is 1. The van der Waals surface area contributed by atoms with E-state index in [-0.39, 0.29) is 11.9 Å². The molecule has 0 fully saturated rings. The number of carbonyl (C=O) groups is 1. The van der Waals surface area contributed by atoms with Crippen molar-refractivity contribution in [2.24, 2.45) is 10.7 Å². The fourth-order valence-corrected chi connectivity index (χ4v) is 1.19. The molecule has 0 unspecified atom stereocenters. The van der Waals surface area contributed by atoms with Crippen molar-refractivity contribution in [3.05, 3.63) is 41.5 Å². The standard InChI is InChI=1S/C13H17N3O/c1-10-6-4-5-7-11(10)8-9-12(17)15-13(14)16(2)3/h4-9H,1-3H3,(H2,14,15,17). The second-order valence-corrected chi connectivity index (χ2v) is 3.89. The SMILES string of the molecule is Cc1ccccc1C=CC(=O)N=C(N)N(C)C. The first-order chi connectivity index (χ1) is 8.00. The number of carbonyl (C=O) groups excluding carboxylic acids is 1. The molecule has 0 aliphatic rings. The summed E-state index contributed by atoms with van der Waals surface area (Å²) in [4.78, 5) is 16.8. The molecule has 0 radical (unpaired) electrons. The van der Waals surface area contributed by atoms with Gasteiger partial charge in [-0.2, -0.15) is 4.99 Å². The van der Waals surface area contributed by atoms with E-state index in [4.69, 9.17) is 5.73 Å². The van der Waals surface area contributed by atoms with Gasteiger partial charge in [-0.25, -0.2) is 0 Å². The molecule has 0 saturated carbocycles. The minimum Gasteiger partial charge on any atom is -0.369 e. The highest BCUT2D eigenvalue weighted by Gasteiger charge is 1.98. The number of aryl methyl sites for hydroxylation is 1. The van der Waals surface area contributed by atoms with Crippen LogP contribution in [0.4, 0.5) is 0 Å². The van der Waals surface area contributed by atoms with E-state index in [9.17, 15) is 4.79 Å². The average Bonchev–Trinajstić information content (AvgIpc) is 2.27. The molecule has 90 valence electrons. The van der Waals surface area contributed by atoms with Crippen LogP contribution < -0.4 is 5.73 Å². The van der Waals surface area contributed by atoms with Gasteiger partial charge in [0.1, 0.15) is 0 Å². The highest BCUT2D eigenvalue weighted by Crippen LogP contribution is 2.08. The third-order valence-corrected chi connectivity index (χ3v) is 2.28. The largest absolute Gasteiger partial charge is 0.369 e. The van der Waals surface area contributed by atoms with Crippen LogP contribution in [0.1, 0.15) is 11.1 Å². The van der Waals surface area contributed by atoms with Gasteiger partial charge in [-0.3, -0.25) is 4.79 Å². The van der Waals surface area contributed by atoms with Crippen LogP contribution >= 0.6 is 0 Å². The number of aliphatic imine (C=N–C) groups is 1. The Morgan fingerprint density at radius 2 is 2.00 bits per heavy atom. The zero-order valence-corrected chi connectivity index (χ0v) is 10.3. The molecule has 2 N–H and O–H groups in total. The van der Waals surface area contributed by atoms with Crippen LogP contribution in [-0.2, 0) is 4.79 Å². The number of guanidine groups is 1. The van der Waals surface area contributed by atoms with Crippen LogP contribution in [0.5, 0.6) is 0 Å². The first kappa shape index (κ1) is 13.0. The van der Waals surface area contributed by atoms with Crippen LogP contribution in [-0.4, -0.2) is 30.9 Å². The summed E-state index contributed by atoms with van der Waals surface area (Å²) in [6.45, 7) is 1.99. The summed E-state index contributed by atoms with van der Waals surface area (Å²) in [5, 5.41) is 0. The summed E-state index contributed by atoms with van der Waals surface area (Å²) >= 11 is 0. The van der Waals surface area contributed by atoms with Crippen LogP contribution in [0.2, 0.25) is 0 Å². The van der Waals surface area contributed by atoms with Crippen molar-refractivity contribution in [3.63, 3.8) is 0 Å². The zero-order chi connectivity index (χ0) is 12.8. The molecular formula is C13H17N3O. The van der Waals surface area contributed by atoms with Crippen molar-refractivity contribution in [1.29, 1.82) is 0 Å². The van der Waals surface area contributed by atoms with E-state index < -0.39 is 0 Å². The third kappa shape index (κ3) is 4.10. The Morgan fingerprint density at radius 1 is 1.35 bits per heavy atom. The number of hydrogen-bond acceptors (Lipinski definition) is 1. The van der Waals surface area contributed by atoms with Crippen LogP contribution in [0, 0.1) is 6.92 Å². The number of hydrogen-bond donors (Lipinski definition) is 1. The third-order valence-electron chi connectivity index (χ3n) is 2.28. The van der Waals surface area contributed by atoms with E-state index in [2.05, 4.69) is 4.99 Å². The number of rotatable bonds is 2. The molecule has 0 bridgehead atoms. The van der Waals surface area contributed by atoms with Crippen LogP contribution in [0.3, 0.4) is 0 Å². The molecule has 0 saturated heterocycles. The van der Waals surface area contributed by atoms with E-state index in [0.29, 0.717) is 0 Å². The van der Waals surface area contributed by atoms with Crippen molar-refractivity contribution < 1.29 is 4.79 Å². The Labute approximate surface area is 101 Å². The van der Waals surface area contributed by atoms with E-state index in [0.717, 1.165) is 11.1 Å². The van der Waals surface area contributed by atoms with Gasteiger partial charge < -0.3 is 10.6 Å². The molecule has 17 heavy (non-hydrogen) atoms. The monoisotopic (exact) mass is 231 g/mol. The molecule has 1 rings (SSSR count). The maximum absolute atomic E-state index is 11.5. The Balaban J connectivity index is 2.76. The molecule has 4 nitrogen and oxygen atoms in total. The number of amides is 1. The van der Waals surface area contributed by atoms with Gasteiger partial charge in [-0.05, 0) is 24.1 Å². The van der Waals surface area contributed by atoms with Crippen molar-refractivity contribution in [2.75, 3.05) is 14.1 Å². The minimum atomic E-state index is -0.362. The van der Waals surface area contributed by atoms with Gasteiger partial charge in [-0.1, -0.05) is 24.3 Å². The lowest BCUT2D eigenvalue weighted by Gasteiger charge is -2.08. The molecule has 0 aromatic heterocycles. The van der Waals surface area contributed by atoms with Crippen LogP contribution in [0.25, 0.3) is 6.08 Å². The van der Waals surface area contributed by atoms with Gasteiger partial charge in [0.2, 0.25) is 0 Å². The topological polar surface area (TPSA) is 58.7 Å². The molecule has 4 heteroatoms. The van der Waals surface area contributed by atoms with Crippen molar-refractivity contribution >= 4 is 17.9 Å². The van der Waals surface area contributed by atoms with Gasteiger partial charge in [0, 0.05) is 20.2 Å². The van der Waals surface area contributed by atoms with Crippen LogP contribution in [0.15, 0.2) is 35.3 Å². The maximum Gasteiger partial charge on any atom is 0.272 e. The lowest BCUT2D eigenvalue weighted by molar-refractivity contribution is -0.113. The summed E-state index contributed by atoms with van der Waals surface area (Å²) in [5.74, 6) is -0.163. The second-order valence-electron chi connectivity index (χ2n) is 3.89. The molecule has 0 atom stereocenters. The van der Waals surface area contributed by atoms with Gasteiger partial charge in [0.15, 0.2) is 5.96 Å². The quantitative estimate of drug-likeness (QED) is 0.475. The second kappa shape index (κ2) is 5.84. The predicted octanol–water partition coefficient (Wildman–Crippen LogP) is 1.41. The molecule has 1 aromatic carbocycles. The summed E-state index contributed by atoms with van der Waals surface area (Å²) in [6, 6.07) is 7.81. The molecule has 0 spiro atoms. The Bertz CT molecular complexity index is 461. The first-order valence-electron chi connectivity index (χ1n) is 5.30. The predicted molar refractivity (Wildman–Crippen MR) is 70.5 cm³/mol. The highest BCUT2D eigenvalue weighted by atomic mass is 16.1. The average molecular weight is 231 g/mol. The Hall–Kier alpha value is -2.10. The van der Waals surface area contributed by atoms with E-state index >= 15 is 0 Å². The molecule has 1 amide bonds. The zero-order valence-electron chi connectivity index (χ0n) is 10.3. The summed E-state index contributed by atoms with van der Waals surface area (Å²) in [5.41, 5.74) is 7.65. The van der Waals surface area contributed by atoms with E-state index in [1.54, 1.807) is 25.1 Å². The summed E-state index contributed by atoms with van der Waals surface area (Å²) in [7, 11) is 3.47. The number of nitrogens with two attached hydrogens (primary N) is 1. The minimum absolute atomic E-state index is 0.199. The fourth-order valence-electron chi connectivity index (χ4n) is 1.19. The molecule has 0 aliphatic carbocycles. The summed E-state index contributed by atoms with van der Waals surface area (Å²) in [6.07, 6.45) is 3.16. The molecule has 0 aliphatic heterocycles. The first-order valence-corrected chi connectivity index (χ1v) is 5.30. The lowest BCUT2D eigenvalue weighted by atomic mass is 10.1. The summed E-state index contributed by atoms with van der Waals surface area (Å²) < 4.78 is 0. The van der Waals surface area contributed by atoms with Crippen molar-refractivity contribution in [3.8, 4) is 0 Å². The van der Waals surface area contributed by atoms with Crippen molar-refractivity contribution in [1.82, 2.24) is 4.90 Å². The van der Waals surface area contributed by atoms with Gasteiger partial charge >= 0.3 is 0 Å². The van der Waals surface area contributed by atoms with Gasteiger partial charge in [-0.15, -0.1) is 0 Å². The Kier molecular flexibility index (Phi) is 4.46.